The first-order valence-electron chi connectivity index (χ1n) is 6.98. The lowest BCUT2D eigenvalue weighted by molar-refractivity contribution is 0.0735. The first-order chi connectivity index (χ1) is 10.7. The summed E-state index contributed by atoms with van der Waals surface area (Å²) >= 11 is 3.26. The molecule has 0 fully saturated rings. The number of carbonyl (C=O) groups excluding carboxylic acids is 1. The number of benzene rings is 2. The predicted molar refractivity (Wildman–Crippen MR) is 87.9 cm³/mol. The Bertz CT molecular complexity index is 871. The summed E-state index contributed by atoms with van der Waals surface area (Å²) < 4.78 is 11.8. The Morgan fingerprint density at radius 2 is 1.48 bits per heavy atom. The highest BCUT2D eigenvalue weighted by Crippen LogP contribution is 2.49. The molecule has 120 valence electrons. The van der Waals surface area contributed by atoms with Gasteiger partial charge in [0, 0.05) is 21.2 Å². The van der Waals surface area contributed by atoms with Crippen molar-refractivity contribution in [1.29, 1.82) is 0 Å². The molecule has 1 aliphatic heterocycles. The van der Waals surface area contributed by atoms with E-state index in [4.69, 9.17) is 9.47 Å². The summed E-state index contributed by atoms with van der Waals surface area (Å²) in [6, 6.07) is 1.43. The van der Waals surface area contributed by atoms with E-state index in [0.717, 1.165) is 0 Å². The van der Waals surface area contributed by atoms with Crippen LogP contribution in [0.4, 0.5) is 0 Å². The molecule has 0 saturated carbocycles. The van der Waals surface area contributed by atoms with E-state index in [9.17, 15) is 15.0 Å². The number of phenolic OH excluding ortho intramolecular Hbond substituents is 2. The van der Waals surface area contributed by atoms with E-state index < -0.39 is 5.97 Å². The molecule has 0 atom stereocenters. The zero-order valence-electron chi connectivity index (χ0n) is 13.1. The molecule has 3 rings (SSSR count). The van der Waals surface area contributed by atoms with Crippen LogP contribution in [0.1, 0.15) is 32.6 Å². The molecule has 6 heteroatoms. The third-order valence-corrected chi connectivity index (χ3v) is 4.84. The Morgan fingerprint density at radius 1 is 0.870 bits per heavy atom. The summed E-state index contributed by atoms with van der Waals surface area (Å²) in [7, 11) is 0. The standard InChI is InChI=1S/C17H15BrO5/c1-6-7(2)15-16(9(4)13(6)20)23-17(21)12-10(18)5-11(19)8(3)14(12)22-15/h5,19-20H,1-4H3. The van der Waals surface area contributed by atoms with Crippen molar-refractivity contribution in [3.8, 4) is 28.7 Å². The number of carbonyl (C=O) groups is 1. The van der Waals surface area contributed by atoms with E-state index in [0.29, 0.717) is 32.5 Å². The number of phenols is 2. The maximum atomic E-state index is 12.5. The van der Waals surface area contributed by atoms with Crippen molar-refractivity contribution in [1.82, 2.24) is 0 Å². The average molecular weight is 379 g/mol. The molecule has 23 heavy (non-hydrogen) atoms. The summed E-state index contributed by atoms with van der Waals surface area (Å²) in [5.74, 6) is 0.273. The van der Waals surface area contributed by atoms with Crippen molar-refractivity contribution in [3.63, 3.8) is 0 Å². The van der Waals surface area contributed by atoms with Crippen molar-refractivity contribution >= 4 is 21.9 Å². The largest absolute Gasteiger partial charge is 0.507 e. The zero-order chi connectivity index (χ0) is 17.0. The summed E-state index contributed by atoms with van der Waals surface area (Å²) in [6.45, 7) is 6.86. The van der Waals surface area contributed by atoms with Crippen LogP contribution in [0.2, 0.25) is 0 Å². The van der Waals surface area contributed by atoms with Crippen molar-refractivity contribution < 1.29 is 24.5 Å². The van der Waals surface area contributed by atoms with Crippen molar-refractivity contribution in [2.24, 2.45) is 0 Å². The first kappa shape index (κ1) is 15.7. The van der Waals surface area contributed by atoms with Crippen LogP contribution in [0, 0.1) is 27.7 Å². The average Bonchev–Trinajstić information content (AvgIpc) is 2.65. The summed E-state index contributed by atoms with van der Waals surface area (Å²) in [5.41, 5.74) is 2.39. The Morgan fingerprint density at radius 3 is 2.13 bits per heavy atom. The van der Waals surface area contributed by atoms with E-state index in [1.807, 2.05) is 0 Å². The molecular weight excluding hydrogens is 364 g/mol. The van der Waals surface area contributed by atoms with E-state index in [1.54, 1.807) is 27.7 Å². The van der Waals surface area contributed by atoms with Gasteiger partial charge in [-0.05, 0) is 55.3 Å². The monoisotopic (exact) mass is 378 g/mol. The minimum absolute atomic E-state index is 0.0109. The molecule has 0 radical (unpaired) electrons. The minimum Gasteiger partial charge on any atom is -0.507 e. The van der Waals surface area contributed by atoms with Gasteiger partial charge in [0.05, 0.1) is 0 Å². The first-order valence-corrected chi connectivity index (χ1v) is 7.78. The molecular formula is C17H15BrO5. The quantitative estimate of drug-likeness (QED) is 0.524. The second-order valence-electron chi connectivity index (χ2n) is 5.58. The summed E-state index contributed by atoms with van der Waals surface area (Å²) in [5, 5.41) is 20.2. The smallest absolute Gasteiger partial charge is 0.348 e. The number of hydrogen-bond acceptors (Lipinski definition) is 5. The zero-order valence-corrected chi connectivity index (χ0v) is 14.7. The molecule has 1 aliphatic rings. The Labute approximate surface area is 141 Å². The van der Waals surface area contributed by atoms with Gasteiger partial charge in [-0.3, -0.25) is 0 Å². The van der Waals surface area contributed by atoms with Gasteiger partial charge in [-0.25, -0.2) is 4.79 Å². The van der Waals surface area contributed by atoms with Crippen LogP contribution in [-0.2, 0) is 0 Å². The Kier molecular flexibility index (Phi) is 3.52. The maximum Gasteiger partial charge on any atom is 0.348 e. The second kappa shape index (κ2) is 5.16. The van der Waals surface area contributed by atoms with Crippen molar-refractivity contribution in [3.05, 3.63) is 38.4 Å². The van der Waals surface area contributed by atoms with E-state index in [-0.39, 0.29) is 28.6 Å². The lowest BCUT2D eigenvalue weighted by atomic mass is 10.0. The second-order valence-corrected chi connectivity index (χ2v) is 6.43. The topological polar surface area (TPSA) is 76.0 Å². The van der Waals surface area contributed by atoms with Gasteiger partial charge in [0.2, 0.25) is 0 Å². The van der Waals surface area contributed by atoms with Crippen LogP contribution in [0.15, 0.2) is 10.5 Å². The van der Waals surface area contributed by atoms with Crippen LogP contribution < -0.4 is 9.47 Å². The number of hydrogen-bond donors (Lipinski definition) is 2. The van der Waals surface area contributed by atoms with Gasteiger partial charge >= 0.3 is 5.97 Å². The Hall–Kier alpha value is -2.21. The Balaban J connectivity index is 2.37. The lowest BCUT2D eigenvalue weighted by Gasteiger charge is -2.17. The third kappa shape index (κ3) is 2.16. The van der Waals surface area contributed by atoms with Gasteiger partial charge in [0.25, 0.3) is 0 Å². The van der Waals surface area contributed by atoms with Gasteiger partial charge in [-0.15, -0.1) is 0 Å². The number of halogens is 1. The highest BCUT2D eigenvalue weighted by atomic mass is 79.9. The minimum atomic E-state index is -0.612. The van der Waals surface area contributed by atoms with Crippen LogP contribution in [0.25, 0.3) is 0 Å². The van der Waals surface area contributed by atoms with Gasteiger partial charge < -0.3 is 19.7 Å². The summed E-state index contributed by atoms with van der Waals surface area (Å²) in [4.78, 5) is 12.5. The molecule has 2 aromatic carbocycles. The fourth-order valence-electron chi connectivity index (χ4n) is 2.60. The van der Waals surface area contributed by atoms with Crippen molar-refractivity contribution in [2.75, 3.05) is 0 Å². The van der Waals surface area contributed by atoms with E-state index in [2.05, 4.69) is 15.9 Å². The predicted octanol–water partition coefficient (Wildman–Crippen LogP) is 4.42. The number of fused-ring (bicyclic) bond motifs is 2. The molecule has 0 aliphatic carbocycles. The van der Waals surface area contributed by atoms with Crippen LogP contribution in [-0.4, -0.2) is 16.2 Å². The molecule has 0 unspecified atom stereocenters. The summed E-state index contributed by atoms with van der Waals surface area (Å²) in [6.07, 6.45) is 0. The fraction of sp³-hybridized carbons (Fsp3) is 0.235. The molecule has 2 N–H and O–H groups in total. The molecule has 0 amide bonds. The fourth-order valence-corrected chi connectivity index (χ4v) is 3.16. The molecule has 0 bridgehead atoms. The number of rotatable bonds is 0. The van der Waals surface area contributed by atoms with Crippen molar-refractivity contribution in [2.45, 2.75) is 27.7 Å². The van der Waals surface area contributed by atoms with E-state index in [1.165, 1.54) is 6.07 Å². The van der Waals surface area contributed by atoms with Crippen LogP contribution in [0.5, 0.6) is 28.7 Å². The van der Waals surface area contributed by atoms with Gasteiger partial charge in [0.1, 0.15) is 22.8 Å². The molecule has 0 aromatic heterocycles. The van der Waals surface area contributed by atoms with Gasteiger partial charge in [-0.2, -0.15) is 0 Å². The number of esters is 1. The number of ether oxygens (including phenoxy) is 2. The lowest BCUT2D eigenvalue weighted by Crippen LogP contribution is -2.09. The number of aromatic hydroxyl groups is 2. The molecule has 5 nitrogen and oxygen atoms in total. The normalized spacial score (nSPS) is 12.8. The highest BCUT2D eigenvalue weighted by Gasteiger charge is 2.32. The van der Waals surface area contributed by atoms with Crippen LogP contribution >= 0.6 is 15.9 Å². The van der Waals surface area contributed by atoms with Crippen LogP contribution in [0.3, 0.4) is 0 Å². The molecule has 1 heterocycles. The third-order valence-electron chi connectivity index (χ3n) is 4.22. The highest BCUT2D eigenvalue weighted by molar-refractivity contribution is 9.10. The molecule has 0 spiro atoms. The molecule has 2 aromatic rings. The van der Waals surface area contributed by atoms with Gasteiger partial charge in [0.15, 0.2) is 11.5 Å². The molecule has 0 saturated heterocycles. The van der Waals surface area contributed by atoms with E-state index >= 15 is 0 Å². The maximum absolute atomic E-state index is 12.5. The van der Waals surface area contributed by atoms with Gasteiger partial charge in [-0.1, -0.05) is 0 Å². The SMILES string of the molecule is Cc1c(C)c2c(c(C)c1O)OC(=O)c1c(Br)cc(O)c(C)c1O2.